The number of nitrogens with zero attached hydrogens (tertiary/aromatic N) is 1. The van der Waals surface area contributed by atoms with Crippen LogP contribution >= 0.6 is 23.1 Å². The van der Waals surface area contributed by atoms with Gasteiger partial charge in [0.2, 0.25) is 0 Å². The van der Waals surface area contributed by atoms with Crippen LogP contribution in [0.5, 0.6) is 0 Å². The van der Waals surface area contributed by atoms with E-state index in [1.54, 1.807) is 11.3 Å². The lowest BCUT2D eigenvalue weighted by Crippen LogP contribution is -2.05. The van der Waals surface area contributed by atoms with Gasteiger partial charge in [-0.05, 0) is 12.8 Å². The van der Waals surface area contributed by atoms with E-state index in [0.717, 1.165) is 28.6 Å². The fourth-order valence-electron chi connectivity index (χ4n) is 1.01. The summed E-state index contributed by atoms with van der Waals surface area (Å²) in [7, 11) is 0. The van der Waals surface area contributed by atoms with Gasteiger partial charge in [0.1, 0.15) is 0 Å². The van der Waals surface area contributed by atoms with Crippen molar-refractivity contribution in [2.75, 3.05) is 11.9 Å². The number of thioether (sulfide) groups is 1. The first-order valence-electron chi connectivity index (χ1n) is 5.43. The minimum Gasteiger partial charge on any atom is -0.362 e. The van der Waals surface area contributed by atoms with Gasteiger partial charge in [0, 0.05) is 28.6 Å². The Morgan fingerprint density at radius 1 is 1.47 bits per heavy atom. The quantitative estimate of drug-likeness (QED) is 0.822. The molecule has 0 radical (unpaired) electrons. The summed E-state index contributed by atoms with van der Waals surface area (Å²) in [4.78, 5) is 5.69. The number of hydrogen-bond donors (Lipinski definition) is 1. The lowest BCUT2D eigenvalue weighted by Gasteiger charge is -2.13. The molecule has 0 aliphatic rings. The second-order valence-electron chi connectivity index (χ2n) is 3.92. The van der Waals surface area contributed by atoms with Crippen LogP contribution in [0.4, 0.5) is 5.13 Å². The Hall–Kier alpha value is -0.220. The summed E-state index contributed by atoms with van der Waals surface area (Å²) in [5.74, 6) is 1.83. The molecule has 0 saturated carbocycles. The Labute approximate surface area is 101 Å². The van der Waals surface area contributed by atoms with Crippen molar-refractivity contribution in [3.8, 4) is 0 Å². The second kappa shape index (κ2) is 6.38. The molecule has 4 heteroatoms. The van der Waals surface area contributed by atoms with Gasteiger partial charge in [0.25, 0.3) is 0 Å². The predicted molar refractivity (Wildman–Crippen MR) is 71.9 cm³/mol. The van der Waals surface area contributed by atoms with E-state index in [4.69, 9.17) is 0 Å². The smallest absolute Gasteiger partial charge is 0.182 e. The van der Waals surface area contributed by atoms with Crippen molar-refractivity contribution in [3.05, 3.63) is 11.1 Å². The molecule has 86 valence electrons. The third kappa shape index (κ3) is 4.43. The topological polar surface area (TPSA) is 24.9 Å². The Bertz CT molecular complexity index is 284. The molecule has 1 rings (SSSR count). The van der Waals surface area contributed by atoms with Crippen LogP contribution in [0.1, 0.15) is 32.6 Å². The maximum atomic E-state index is 4.32. The highest BCUT2D eigenvalue weighted by molar-refractivity contribution is 7.99. The van der Waals surface area contributed by atoms with Crippen molar-refractivity contribution in [1.82, 2.24) is 4.98 Å². The van der Waals surface area contributed by atoms with E-state index < -0.39 is 0 Å². The molecular formula is C11H20N2S2. The molecule has 2 nitrogen and oxygen atoms in total. The Morgan fingerprint density at radius 2 is 2.20 bits per heavy atom. The maximum absolute atomic E-state index is 4.32. The zero-order valence-corrected chi connectivity index (χ0v) is 11.5. The molecular weight excluding hydrogens is 224 g/mol. The summed E-state index contributed by atoms with van der Waals surface area (Å²) in [5, 5.41) is 5.00. The summed E-state index contributed by atoms with van der Waals surface area (Å²) in [6, 6.07) is 0. The zero-order valence-electron chi connectivity index (χ0n) is 9.91. The molecule has 0 fully saturated rings. The minimum atomic E-state index is 0.717. The van der Waals surface area contributed by atoms with Crippen LogP contribution in [0.2, 0.25) is 0 Å². The van der Waals surface area contributed by atoms with Crippen molar-refractivity contribution in [2.45, 2.75) is 38.7 Å². The number of rotatable bonds is 6. The molecule has 1 unspecified atom stereocenters. The molecule has 1 heterocycles. The summed E-state index contributed by atoms with van der Waals surface area (Å²) in [5.41, 5.74) is 0. The second-order valence-corrected chi connectivity index (χ2v) is 6.40. The summed E-state index contributed by atoms with van der Waals surface area (Å²) in [6.45, 7) is 9.88. The van der Waals surface area contributed by atoms with Crippen LogP contribution in [0, 0.1) is 5.92 Å². The van der Waals surface area contributed by atoms with Crippen molar-refractivity contribution in [2.24, 2.45) is 5.92 Å². The largest absolute Gasteiger partial charge is 0.362 e. The van der Waals surface area contributed by atoms with Gasteiger partial charge >= 0.3 is 0 Å². The van der Waals surface area contributed by atoms with Gasteiger partial charge in [-0.1, -0.05) is 20.8 Å². The van der Waals surface area contributed by atoms with Crippen LogP contribution in [0.3, 0.4) is 0 Å². The number of thiazole rings is 1. The van der Waals surface area contributed by atoms with E-state index in [1.165, 1.54) is 4.88 Å². The molecule has 1 N–H and O–H groups in total. The van der Waals surface area contributed by atoms with Gasteiger partial charge in [0.15, 0.2) is 5.13 Å². The SMILES string of the molecule is CCNc1ncc(CSC(C)C(C)C)s1. The summed E-state index contributed by atoms with van der Waals surface area (Å²) >= 11 is 3.78. The average molecular weight is 244 g/mol. The van der Waals surface area contributed by atoms with E-state index in [2.05, 4.69) is 38.0 Å². The van der Waals surface area contributed by atoms with Crippen LogP contribution < -0.4 is 5.32 Å². The molecule has 1 aromatic rings. The first kappa shape index (κ1) is 12.8. The zero-order chi connectivity index (χ0) is 11.3. The third-order valence-corrected chi connectivity index (χ3v) is 4.99. The van der Waals surface area contributed by atoms with Gasteiger partial charge in [-0.2, -0.15) is 11.8 Å². The lowest BCUT2D eigenvalue weighted by molar-refractivity contribution is 0.642. The fraction of sp³-hybridized carbons (Fsp3) is 0.727. The van der Waals surface area contributed by atoms with Gasteiger partial charge < -0.3 is 5.32 Å². The van der Waals surface area contributed by atoms with Gasteiger partial charge in [-0.25, -0.2) is 4.98 Å². The third-order valence-electron chi connectivity index (χ3n) is 2.31. The van der Waals surface area contributed by atoms with Crippen molar-refractivity contribution < 1.29 is 0 Å². The van der Waals surface area contributed by atoms with Crippen LogP contribution in [-0.2, 0) is 5.75 Å². The van der Waals surface area contributed by atoms with Crippen molar-refractivity contribution in [1.29, 1.82) is 0 Å². The molecule has 0 aliphatic carbocycles. The number of nitrogens with one attached hydrogen (secondary N) is 1. The van der Waals surface area contributed by atoms with Gasteiger partial charge in [-0.15, -0.1) is 11.3 Å². The molecule has 1 atom stereocenters. The van der Waals surface area contributed by atoms with Gasteiger partial charge in [-0.3, -0.25) is 0 Å². The summed E-state index contributed by atoms with van der Waals surface area (Å²) in [6.07, 6.45) is 1.99. The molecule has 15 heavy (non-hydrogen) atoms. The fourth-order valence-corrected chi connectivity index (χ4v) is 3.02. The minimum absolute atomic E-state index is 0.717. The van der Waals surface area contributed by atoms with Gasteiger partial charge in [0.05, 0.1) is 0 Å². The molecule has 0 spiro atoms. The highest BCUT2D eigenvalue weighted by Crippen LogP contribution is 2.27. The van der Waals surface area contributed by atoms with E-state index in [-0.39, 0.29) is 0 Å². The molecule has 0 saturated heterocycles. The van der Waals surface area contributed by atoms with E-state index in [1.807, 2.05) is 18.0 Å². The van der Waals surface area contributed by atoms with Crippen LogP contribution in [-0.4, -0.2) is 16.8 Å². The molecule has 0 amide bonds. The van der Waals surface area contributed by atoms with E-state index in [0.29, 0.717) is 0 Å². The Morgan fingerprint density at radius 3 is 2.80 bits per heavy atom. The predicted octanol–water partition coefficient (Wildman–Crippen LogP) is 3.85. The van der Waals surface area contributed by atoms with E-state index >= 15 is 0 Å². The molecule has 0 aromatic carbocycles. The molecule has 0 aliphatic heterocycles. The Kier molecular flexibility index (Phi) is 5.47. The lowest BCUT2D eigenvalue weighted by atomic mass is 10.2. The highest BCUT2D eigenvalue weighted by Gasteiger charge is 2.08. The molecule has 1 aromatic heterocycles. The van der Waals surface area contributed by atoms with Crippen molar-refractivity contribution >= 4 is 28.2 Å². The van der Waals surface area contributed by atoms with Crippen LogP contribution in [0.25, 0.3) is 0 Å². The summed E-state index contributed by atoms with van der Waals surface area (Å²) < 4.78 is 0. The highest BCUT2D eigenvalue weighted by atomic mass is 32.2. The Balaban J connectivity index is 2.37. The maximum Gasteiger partial charge on any atom is 0.182 e. The van der Waals surface area contributed by atoms with Crippen molar-refractivity contribution in [3.63, 3.8) is 0 Å². The normalized spacial score (nSPS) is 13.1. The standard InChI is InChI=1S/C11H20N2S2/c1-5-12-11-13-6-10(15-11)7-14-9(4)8(2)3/h6,8-9H,5,7H2,1-4H3,(H,12,13). The first-order chi connectivity index (χ1) is 7.13. The van der Waals surface area contributed by atoms with E-state index in [9.17, 15) is 0 Å². The number of hydrogen-bond acceptors (Lipinski definition) is 4. The molecule has 0 bridgehead atoms. The monoisotopic (exact) mass is 244 g/mol. The van der Waals surface area contributed by atoms with Crippen LogP contribution in [0.15, 0.2) is 6.20 Å². The first-order valence-corrected chi connectivity index (χ1v) is 7.30. The number of aromatic nitrogens is 1. The average Bonchev–Trinajstić information content (AvgIpc) is 2.62. The number of anilines is 1.